The van der Waals surface area contributed by atoms with Crippen LogP contribution in [0.25, 0.3) is 16.9 Å². The Kier molecular flexibility index (Phi) is 6.95. The van der Waals surface area contributed by atoms with E-state index in [0.29, 0.717) is 23.7 Å². The number of nitrogens with zero attached hydrogens (tertiary/aromatic N) is 6. The van der Waals surface area contributed by atoms with Gasteiger partial charge in [-0.3, -0.25) is 0 Å². The molecule has 0 unspecified atom stereocenters. The number of halogens is 1. The second-order valence-corrected chi connectivity index (χ2v) is 11.7. The van der Waals surface area contributed by atoms with Crippen LogP contribution in [0.15, 0.2) is 22.7 Å². The fourth-order valence-corrected chi connectivity index (χ4v) is 5.51. The highest BCUT2D eigenvalue weighted by atomic mass is 19.1. The molecule has 2 saturated heterocycles. The Balaban J connectivity index is 1.22. The van der Waals surface area contributed by atoms with E-state index in [1.54, 1.807) is 6.07 Å². The zero-order valence-corrected chi connectivity index (χ0v) is 22.4. The first-order chi connectivity index (χ1) is 17.6. The molecule has 1 amide bonds. The third kappa shape index (κ3) is 5.49. The number of para-hydroxylation sites is 1. The van der Waals surface area contributed by atoms with Gasteiger partial charge in [0.2, 0.25) is 5.89 Å². The molecule has 2 atom stereocenters. The van der Waals surface area contributed by atoms with Gasteiger partial charge in [0.1, 0.15) is 16.9 Å². The Labute approximate surface area is 216 Å². The van der Waals surface area contributed by atoms with Crippen molar-refractivity contribution in [1.82, 2.24) is 29.7 Å². The molecular formula is C27H37FN6O3. The van der Waals surface area contributed by atoms with Crippen LogP contribution >= 0.6 is 0 Å². The van der Waals surface area contributed by atoms with E-state index in [4.69, 9.17) is 9.26 Å². The predicted molar refractivity (Wildman–Crippen MR) is 137 cm³/mol. The molecule has 2 aliphatic heterocycles. The summed E-state index contributed by atoms with van der Waals surface area (Å²) in [5.41, 5.74) is 0.688. The predicted octanol–water partition coefficient (Wildman–Crippen LogP) is 4.93. The summed E-state index contributed by atoms with van der Waals surface area (Å²) in [5, 5.41) is 9.51. The van der Waals surface area contributed by atoms with Crippen LogP contribution in [0.5, 0.6) is 0 Å². The Hall–Kier alpha value is -3.01. The standard InChI is InChI=1S/C27H37FN6O3/c1-17(2)23-20-9-6-10-21(28)24(20)34(30-23)25-29-22(37-31-25)14-18-11-13-32(15-18)16-19-8-7-12-33(19)26(35)36-27(3,4)5/h6,9-10,17-19H,7-8,11-16H2,1-5H3/t18-,19+/m0/s1. The van der Waals surface area contributed by atoms with Crippen LogP contribution in [0.4, 0.5) is 9.18 Å². The number of aromatic nitrogens is 4. The second-order valence-electron chi connectivity index (χ2n) is 11.7. The van der Waals surface area contributed by atoms with E-state index in [-0.39, 0.29) is 29.8 Å². The van der Waals surface area contributed by atoms with Gasteiger partial charge in [-0.15, -0.1) is 0 Å². The van der Waals surface area contributed by atoms with E-state index >= 15 is 0 Å². The molecule has 0 spiro atoms. The van der Waals surface area contributed by atoms with Gasteiger partial charge in [0, 0.05) is 37.5 Å². The van der Waals surface area contributed by atoms with Crippen molar-refractivity contribution in [1.29, 1.82) is 0 Å². The zero-order valence-electron chi connectivity index (χ0n) is 22.4. The number of benzene rings is 1. The maximum Gasteiger partial charge on any atom is 0.410 e. The number of carbonyl (C=O) groups excluding carboxylic acids is 1. The van der Waals surface area contributed by atoms with Crippen LogP contribution in [0.3, 0.4) is 0 Å². The number of ether oxygens (including phenoxy) is 1. The Morgan fingerprint density at radius 3 is 2.81 bits per heavy atom. The molecule has 2 aliphatic rings. The van der Waals surface area contributed by atoms with Gasteiger partial charge in [-0.05, 0) is 69.6 Å². The Morgan fingerprint density at radius 2 is 2.05 bits per heavy atom. The Bertz CT molecular complexity index is 1260. The van der Waals surface area contributed by atoms with Crippen LogP contribution in [0, 0.1) is 11.7 Å². The number of fused-ring (bicyclic) bond motifs is 1. The van der Waals surface area contributed by atoms with Gasteiger partial charge in [0.15, 0.2) is 0 Å². The first kappa shape index (κ1) is 25.6. The quantitative estimate of drug-likeness (QED) is 0.462. The molecular weight excluding hydrogens is 475 g/mol. The number of carbonyl (C=O) groups is 1. The van der Waals surface area contributed by atoms with E-state index in [9.17, 15) is 9.18 Å². The lowest BCUT2D eigenvalue weighted by molar-refractivity contribution is 0.0201. The normalized spacial score (nSPS) is 21.0. The minimum atomic E-state index is -0.490. The van der Waals surface area contributed by atoms with E-state index in [0.717, 1.165) is 56.5 Å². The molecule has 3 aromatic rings. The minimum Gasteiger partial charge on any atom is -0.444 e. The smallest absolute Gasteiger partial charge is 0.410 e. The lowest BCUT2D eigenvalue weighted by Crippen LogP contribution is -2.44. The summed E-state index contributed by atoms with van der Waals surface area (Å²) in [4.78, 5) is 21.5. The van der Waals surface area contributed by atoms with Crippen molar-refractivity contribution in [3.05, 3.63) is 35.6 Å². The molecule has 9 nitrogen and oxygen atoms in total. The van der Waals surface area contributed by atoms with Gasteiger partial charge >= 0.3 is 6.09 Å². The van der Waals surface area contributed by atoms with Gasteiger partial charge < -0.3 is 19.1 Å². The molecule has 4 heterocycles. The number of likely N-dealkylation sites (tertiary alicyclic amines) is 2. The van der Waals surface area contributed by atoms with E-state index in [1.807, 2.05) is 45.6 Å². The van der Waals surface area contributed by atoms with Crippen molar-refractivity contribution in [3.8, 4) is 5.95 Å². The number of amides is 1. The third-order valence-electron chi connectivity index (χ3n) is 7.18. The highest BCUT2D eigenvalue weighted by Gasteiger charge is 2.35. The van der Waals surface area contributed by atoms with E-state index in [2.05, 4.69) is 20.1 Å². The monoisotopic (exact) mass is 512 g/mol. The molecule has 200 valence electrons. The van der Waals surface area contributed by atoms with Crippen LogP contribution in [-0.2, 0) is 11.2 Å². The number of hydrogen-bond acceptors (Lipinski definition) is 7. The lowest BCUT2D eigenvalue weighted by Gasteiger charge is -2.30. The number of hydrogen-bond donors (Lipinski definition) is 0. The molecule has 2 aromatic heterocycles. The first-order valence-electron chi connectivity index (χ1n) is 13.3. The fourth-order valence-electron chi connectivity index (χ4n) is 5.51. The van der Waals surface area contributed by atoms with Gasteiger partial charge in [-0.1, -0.05) is 26.0 Å². The largest absolute Gasteiger partial charge is 0.444 e. The average Bonchev–Trinajstić information content (AvgIpc) is 3.59. The summed E-state index contributed by atoms with van der Waals surface area (Å²) in [6.07, 6.45) is 3.47. The van der Waals surface area contributed by atoms with E-state index < -0.39 is 5.60 Å². The highest BCUT2D eigenvalue weighted by Crippen LogP contribution is 2.29. The van der Waals surface area contributed by atoms with Crippen molar-refractivity contribution in [2.45, 2.75) is 77.9 Å². The maximum atomic E-state index is 14.7. The molecule has 0 aliphatic carbocycles. The summed E-state index contributed by atoms with van der Waals surface area (Å²) < 4.78 is 27.4. The summed E-state index contributed by atoms with van der Waals surface area (Å²) in [5.74, 6) is 0.937. The van der Waals surface area contributed by atoms with Crippen LogP contribution in [-0.4, -0.2) is 73.6 Å². The summed E-state index contributed by atoms with van der Waals surface area (Å²) in [6, 6.07) is 5.18. The van der Waals surface area contributed by atoms with Crippen molar-refractivity contribution in [2.75, 3.05) is 26.2 Å². The molecule has 10 heteroatoms. The van der Waals surface area contributed by atoms with Crippen LogP contribution in [0.1, 0.15) is 71.4 Å². The van der Waals surface area contributed by atoms with Crippen LogP contribution < -0.4 is 0 Å². The molecule has 2 fully saturated rings. The zero-order chi connectivity index (χ0) is 26.3. The second kappa shape index (κ2) is 10.0. The van der Waals surface area contributed by atoms with Gasteiger partial charge in [-0.25, -0.2) is 9.18 Å². The topological polar surface area (TPSA) is 89.5 Å². The fraction of sp³-hybridized carbons (Fsp3) is 0.630. The molecule has 0 bridgehead atoms. The molecule has 1 aromatic carbocycles. The van der Waals surface area contributed by atoms with Crippen molar-refractivity contribution >= 4 is 17.0 Å². The van der Waals surface area contributed by atoms with E-state index in [1.165, 1.54) is 10.7 Å². The lowest BCUT2D eigenvalue weighted by atomic mass is 10.1. The molecule has 5 rings (SSSR count). The summed E-state index contributed by atoms with van der Waals surface area (Å²) >= 11 is 0. The van der Waals surface area contributed by atoms with Gasteiger partial charge in [-0.2, -0.15) is 14.8 Å². The summed E-state index contributed by atoms with van der Waals surface area (Å²) in [6.45, 7) is 13.2. The first-order valence-corrected chi connectivity index (χ1v) is 13.3. The number of rotatable bonds is 6. The van der Waals surface area contributed by atoms with Crippen LogP contribution in [0.2, 0.25) is 0 Å². The molecule has 37 heavy (non-hydrogen) atoms. The SMILES string of the molecule is CC(C)c1nn(-c2noc(C[C@@H]3CCN(C[C@H]4CCCN4C(=O)OC(C)(C)C)C3)n2)c2c(F)cccc12. The highest BCUT2D eigenvalue weighted by molar-refractivity contribution is 5.84. The van der Waals surface area contributed by atoms with Crippen molar-refractivity contribution in [2.24, 2.45) is 5.92 Å². The van der Waals surface area contributed by atoms with Gasteiger partial charge in [0.05, 0.1) is 5.69 Å². The molecule has 0 N–H and O–H groups in total. The molecule has 0 saturated carbocycles. The van der Waals surface area contributed by atoms with Gasteiger partial charge in [0.25, 0.3) is 5.95 Å². The average molecular weight is 513 g/mol. The molecule has 0 radical (unpaired) electrons. The minimum absolute atomic E-state index is 0.132. The van der Waals surface area contributed by atoms with Crippen molar-refractivity contribution in [3.63, 3.8) is 0 Å². The maximum absolute atomic E-state index is 14.7. The summed E-state index contributed by atoms with van der Waals surface area (Å²) in [7, 11) is 0. The Morgan fingerprint density at radius 1 is 1.24 bits per heavy atom. The van der Waals surface area contributed by atoms with Crippen molar-refractivity contribution < 1.29 is 18.4 Å². The third-order valence-corrected chi connectivity index (χ3v) is 7.18.